The molecule has 0 aliphatic heterocycles. The van der Waals surface area contributed by atoms with E-state index in [-0.39, 0.29) is 12.1 Å². The van der Waals surface area contributed by atoms with Crippen molar-refractivity contribution in [2.24, 2.45) is 5.11 Å². The fraction of sp³-hybridized carbons (Fsp3) is 0.889. The molecule has 2 atom stereocenters. The highest BCUT2D eigenvalue weighted by molar-refractivity contribution is 5.68. The number of carbonyl (C=O) groups is 1. The SMILES string of the molecule is CC(N=[N+]=[N-])C(C)NC(=O)OC(C)(C)C. The van der Waals surface area contributed by atoms with Crippen molar-refractivity contribution in [1.82, 2.24) is 5.32 Å². The Labute approximate surface area is 89.6 Å². The first-order valence-electron chi connectivity index (χ1n) is 4.80. The van der Waals surface area contributed by atoms with E-state index in [9.17, 15) is 4.79 Å². The molecule has 6 nitrogen and oxygen atoms in total. The van der Waals surface area contributed by atoms with E-state index >= 15 is 0 Å². The molecule has 1 amide bonds. The molecule has 0 heterocycles. The summed E-state index contributed by atoms with van der Waals surface area (Å²) in [5, 5.41) is 6.08. The second-order valence-corrected chi connectivity index (χ2v) is 4.38. The molecule has 0 rings (SSSR count). The zero-order valence-corrected chi connectivity index (χ0v) is 9.81. The maximum Gasteiger partial charge on any atom is 0.407 e. The first-order chi connectivity index (χ1) is 6.76. The summed E-state index contributed by atoms with van der Waals surface area (Å²) in [6.45, 7) is 8.83. The zero-order valence-electron chi connectivity index (χ0n) is 9.81. The van der Waals surface area contributed by atoms with Gasteiger partial charge in [0.05, 0.1) is 6.04 Å². The molecule has 0 radical (unpaired) electrons. The molecule has 0 saturated heterocycles. The van der Waals surface area contributed by atoms with E-state index in [1.807, 2.05) is 0 Å². The van der Waals surface area contributed by atoms with Crippen molar-refractivity contribution >= 4 is 6.09 Å². The van der Waals surface area contributed by atoms with Gasteiger partial charge < -0.3 is 10.1 Å². The van der Waals surface area contributed by atoms with Gasteiger partial charge in [0.15, 0.2) is 0 Å². The van der Waals surface area contributed by atoms with Crippen molar-refractivity contribution in [2.45, 2.75) is 52.3 Å². The molecule has 2 unspecified atom stereocenters. The van der Waals surface area contributed by atoms with Gasteiger partial charge in [-0.1, -0.05) is 12.0 Å². The minimum Gasteiger partial charge on any atom is -0.444 e. The van der Waals surface area contributed by atoms with Crippen molar-refractivity contribution in [3.05, 3.63) is 10.4 Å². The number of rotatable bonds is 3. The number of alkyl carbamates (subject to hydrolysis) is 1. The van der Waals surface area contributed by atoms with E-state index in [0.29, 0.717) is 0 Å². The molecule has 6 heteroatoms. The fourth-order valence-corrected chi connectivity index (χ4v) is 0.796. The van der Waals surface area contributed by atoms with Crippen LogP contribution in [0.3, 0.4) is 0 Å². The number of nitrogens with zero attached hydrogens (tertiary/aromatic N) is 3. The highest BCUT2D eigenvalue weighted by Crippen LogP contribution is 2.07. The predicted octanol–water partition coefficient (Wildman–Crippen LogP) is 2.60. The summed E-state index contributed by atoms with van der Waals surface area (Å²) in [4.78, 5) is 14.0. The van der Waals surface area contributed by atoms with Crippen molar-refractivity contribution in [3.63, 3.8) is 0 Å². The Morgan fingerprint density at radius 1 is 1.47 bits per heavy atom. The molecule has 0 bridgehead atoms. The molecule has 0 aromatic carbocycles. The molecule has 0 aromatic heterocycles. The van der Waals surface area contributed by atoms with Crippen LogP contribution in [0.4, 0.5) is 4.79 Å². The molecular formula is C9H18N4O2. The van der Waals surface area contributed by atoms with Crippen LogP contribution in [0, 0.1) is 0 Å². The molecule has 0 aliphatic carbocycles. The van der Waals surface area contributed by atoms with Crippen molar-refractivity contribution < 1.29 is 9.53 Å². The average molecular weight is 214 g/mol. The van der Waals surface area contributed by atoms with Crippen LogP contribution in [0.25, 0.3) is 10.4 Å². The lowest BCUT2D eigenvalue weighted by Crippen LogP contribution is -2.41. The maximum atomic E-state index is 11.3. The van der Waals surface area contributed by atoms with Gasteiger partial charge in [0, 0.05) is 11.0 Å². The number of hydrogen-bond acceptors (Lipinski definition) is 3. The maximum absolute atomic E-state index is 11.3. The Kier molecular flexibility index (Phi) is 4.94. The molecule has 0 fully saturated rings. The van der Waals surface area contributed by atoms with E-state index in [0.717, 1.165) is 0 Å². The molecule has 86 valence electrons. The third-order valence-electron chi connectivity index (χ3n) is 1.70. The van der Waals surface area contributed by atoms with Gasteiger partial charge in [-0.05, 0) is 33.2 Å². The molecule has 1 N–H and O–H groups in total. The van der Waals surface area contributed by atoms with E-state index in [1.165, 1.54) is 0 Å². The van der Waals surface area contributed by atoms with E-state index in [4.69, 9.17) is 10.3 Å². The van der Waals surface area contributed by atoms with Gasteiger partial charge in [0.25, 0.3) is 0 Å². The molecular weight excluding hydrogens is 196 g/mol. The van der Waals surface area contributed by atoms with Gasteiger partial charge in [0.1, 0.15) is 5.60 Å². The smallest absolute Gasteiger partial charge is 0.407 e. The lowest BCUT2D eigenvalue weighted by molar-refractivity contribution is 0.0503. The largest absolute Gasteiger partial charge is 0.444 e. The van der Waals surface area contributed by atoms with Gasteiger partial charge in [-0.3, -0.25) is 0 Å². The van der Waals surface area contributed by atoms with Crippen LogP contribution in [0.15, 0.2) is 5.11 Å². The van der Waals surface area contributed by atoms with Gasteiger partial charge >= 0.3 is 6.09 Å². The first kappa shape index (κ1) is 13.6. The van der Waals surface area contributed by atoms with Crippen LogP contribution >= 0.6 is 0 Å². The minimum absolute atomic E-state index is 0.254. The van der Waals surface area contributed by atoms with Gasteiger partial charge in [-0.2, -0.15) is 0 Å². The van der Waals surface area contributed by atoms with E-state index < -0.39 is 11.7 Å². The molecule has 0 spiro atoms. The summed E-state index contributed by atoms with van der Waals surface area (Å²) >= 11 is 0. The summed E-state index contributed by atoms with van der Waals surface area (Å²) < 4.78 is 5.05. The van der Waals surface area contributed by atoms with Gasteiger partial charge in [-0.25, -0.2) is 4.79 Å². The van der Waals surface area contributed by atoms with Crippen LogP contribution in [-0.2, 0) is 4.74 Å². The van der Waals surface area contributed by atoms with Crippen LogP contribution in [-0.4, -0.2) is 23.8 Å². The summed E-state index contributed by atoms with van der Waals surface area (Å²) in [7, 11) is 0. The fourth-order valence-electron chi connectivity index (χ4n) is 0.796. The Bertz CT molecular complexity index is 266. The molecule has 15 heavy (non-hydrogen) atoms. The minimum atomic E-state index is -0.522. The number of amides is 1. The third kappa shape index (κ3) is 6.62. The second kappa shape index (κ2) is 5.46. The highest BCUT2D eigenvalue weighted by atomic mass is 16.6. The summed E-state index contributed by atoms with van der Waals surface area (Å²) in [6, 6.07) is -0.557. The topological polar surface area (TPSA) is 87.1 Å². The van der Waals surface area contributed by atoms with Crippen molar-refractivity contribution in [1.29, 1.82) is 0 Å². The standard InChI is InChI=1S/C9H18N4O2/c1-6(7(2)12-13-10)11-8(14)15-9(3,4)5/h6-7H,1-5H3,(H,11,14). The Hall–Kier alpha value is -1.42. The second-order valence-electron chi connectivity index (χ2n) is 4.38. The normalized spacial score (nSPS) is 14.7. The highest BCUT2D eigenvalue weighted by Gasteiger charge is 2.19. The third-order valence-corrected chi connectivity index (χ3v) is 1.70. The predicted molar refractivity (Wildman–Crippen MR) is 57.4 cm³/mol. The number of ether oxygens (including phenoxy) is 1. The van der Waals surface area contributed by atoms with Gasteiger partial charge in [0.2, 0.25) is 0 Å². The van der Waals surface area contributed by atoms with Crippen LogP contribution in [0.1, 0.15) is 34.6 Å². The number of hydrogen-bond donors (Lipinski definition) is 1. The summed E-state index contributed by atoms with van der Waals surface area (Å²) in [5.41, 5.74) is 7.70. The number of azide groups is 1. The Balaban J connectivity index is 4.13. The quantitative estimate of drug-likeness (QED) is 0.444. The lowest BCUT2D eigenvalue weighted by atomic mass is 10.2. The average Bonchev–Trinajstić information content (AvgIpc) is 2.00. The number of nitrogens with one attached hydrogen (secondary N) is 1. The molecule has 0 saturated carbocycles. The molecule has 0 aromatic rings. The zero-order chi connectivity index (χ0) is 12.1. The van der Waals surface area contributed by atoms with Crippen LogP contribution in [0.5, 0.6) is 0 Å². The Morgan fingerprint density at radius 3 is 2.40 bits per heavy atom. The van der Waals surface area contributed by atoms with Crippen LogP contribution in [0.2, 0.25) is 0 Å². The number of carbonyl (C=O) groups excluding carboxylic acids is 1. The van der Waals surface area contributed by atoms with Crippen LogP contribution < -0.4 is 5.32 Å². The van der Waals surface area contributed by atoms with E-state index in [2.05, 4.69) is 15.3 Å². The monoisotopic (exact) mass is 214 g/mol. The Morgan fingerprint density at radius 2 is 2.00 bits per heavy atom. The lowest BCUT2D eigenvalue weighted by Gasteiger charge is -2.23. The van der Waals surface area contributed by atoms with Crippen molar-refractivity contribution in [3.8, 4) is 0 Å². The van der Waals surface area contributed by atoms with Crippen molar-refractivity contribution in [2.75, 3.05) is 0 Å². The first-order valence-corrected chi connectivity index (χ1v) is 4.80. The van der Waals surface area contributed by atoms with Gasteiger partial charge in [-0.15, -0.1) is 0 Å². The summed E-state index contributed by atoms with van der Waals surface area (Å²) in [5.74, 6) is 0. The molecule has 0 aliphatic rings. The van der Waals surface area contributed by atoms with E-state index in [1.54, 1.807) is 34.6 Å². The summed E-state index contributed by atoms with van der Waals surface area (Å²) in [6.07, 6.45) is -0.505.